The van der Waals surface area contributed by atoms with Gasteiger partial charge in [0.2, 0.25) is 0 Å². The molecule has 0 aromatic carbocycles. The molecule has 10 heteroatoms. The van der Waals surface area contributed by atoms with Crippen LogP contribution in [0.1, 0.15) is 103 Å². The van der Waals surface area contributed by atoms with Gasteiger partial charge >= 0.3 is 17.9 Å². The number of carboxylic acids is 1. The van der Waals surface area contributed by atoms with E-state index in [1.165, 1.54) is 6.92 Å². The maximum atomic E-state index is 12.7. The van der Waals surface area contributed by atoms with Gasteiger partial charge in [-0.05, 0) is 67.7 Å². The third-order valence-corrected chi connectivity index (χ3v) is 8.36. The Labute approximate surface area is 254 Å². The number of aryl methyl sites for hydroxylation is 3. The van der Waals surface area contributed by atoms with E-state index in [0.717, 1.165) is 45.4 Å². The molecule has 2 atom stereocenters. The van der Waals surface area contributed by atoms with Crippen LogP contribution in [0.5, 0.6) is 5.75 Å². The van der Waals surface area contributed by atoms with Crippen molar-refractivity contribution in [1.82, 2.24) is 19.9 Å². The number of H-pyrrole nitrogens is 2. The minimum absolute atomic E-state index is 0.0558. The Balaban J connectivity index is 2.06. The first kappa shape index (κ1) is 30.5. The predicted molar refractivity (Wildman–Crippen MR) is 168 cm³/mol. The van der Waals surface area contributed by atoms with Crippen molar-refractivity contribution in [3.05, 3.63) is 75.9 Å². The first-order valence-electron chi connectivity index (χ1n) is 14.6. The molecule has 8 bridgehead atoms. The summed E-state index contributed by atoms with van der Waals surface area (Å²) in [5.74, 6) is -2.95. The van der Waals surface area contributed by atoms with Crippen molar-refractivity contribution >= 4 is 51.1 Å². The number of aromatic nitrogens is 4. The van der Waals surface area contributed by atoms with Crippen LogP contribution in [0.4, 0.5) is 0 Å². The second-order valence-electron chi connectivity index (χ2n) is 11.1. The highest BCUT2D eigenvalue weighted by Gasteiger charge is 2.37. The number of esters is 2. The van der Waals surface area contributed by atoms with Gasteiger partial charge < -0.3 is 24.5 Å². The molecule has 10 nitrogen and oxygen atoms in total. The predicted octanol–water partition coefficient (Wildman–Crippen LogP) is 7.03. The van der Waals surface area contributed by atoms with Crippen LogP contribution in [0, 0.1) is 13.8 Å². The maximum absolute atomic E-state index is 12.7. The number of ether oxygens (including phenoxy) is 2. The number of aromatic carboxylic acids is 1. The van der Waals surface area contributed by atoms with Crippen molar-refractivity contribution < 1.29 is 29.0 Å². The molecule has 0 saturated carbocycles. The van der Waals surface area contributed by atoms with Crippen LogP contribution < -0.4 is 4.74 Å². The van der Waals surface area contributed by atoms with E-state index in [2.05, 4.69) is 23.5 Å². The van der Waals surface area contributed by atoms with Gasteiger partial charge in [0.25, 0.3) is 0 Å². The molecular formula is C34H36N4O6. The van der Waals surface area contributed by atoms with Crippen LogP contribution in [0.3, 0.4) is 0 Å². The first-order chi connectivity index (χ1) is 20.9. The van der Waals surface area contributed by atoms with Gasteiger partial charge in [-0.2, -0.15) is 0 Å². The second-order valence-corrected chi connectivity index (χ2v) is 11.1. The number of carboxylic acid groups (broad SMARTS) is 1. The van der Waals surface area contributed by atoms with Gasteiger partial charge in [0.05, 0.1) is 28.2 Å². The molecule has 0 saturated heterocycles. The summed E-state index contributed by atoms with van der Waals surface area (Å²) >= 11 is 0. The van der Waals surface area contributed by atoms with E-state index in [1.807, 2.05) is 39.0 Å². The number of hydrogen-bond acceptors (Lipinski definition) is 7. The quantitative estimate of drug-likeness (QED) is 0.257. The van der Waals surface area contributed by atoms with Crippen LogP contribution in [-0.2, 0) is 20.7 Å². The van der Waals surface area contributed by atoms with E-state index in [1.54, 1.807) is 19.9 Å². The number of aromatic amines is 2. The normalized spacial score (nSPS) is 16.2. The summed E-state index contributed by atoms with van der Waals surface area (Å²) in [6.07, 6.45) is 1.67. The molecule has 3 aromatic heterocycles. The van der Waals surface area contributed by atoms with Crippen LogP contribution in [0.25, 0.3) is 33.2 Å². The maximum Gasteiger partial charge on any atom is 0.338 e. The average molecular weight is 597 g/mol. The van der Waals surface area contributed by atoms with Gasteiger partial charge in [-0.15, -0.1) is 0 Å². The van der Waals surface area contributed by atoms with Crippen molar-refractivity contribution in [3.63, 3.8) is 0 Å². The number of allylic oxidation sites excluding steroid dienone is 3. The summed E-state index contributed by atoms with van der Waals surface area (Å²) < 4.78 is 11.6. The highest BCUT2D eigenvalue weighted by molar-refractivity contribution is 6.03. The standard InChI is InChI=1S/C34H36N4O6/c1-9-20-15(4)22-12-25-18(7)32(44-28(40)11-3)31(38-25)33(43-19(8)39)30-29(34(41)42)17(6)24(37-30)14-27-21(10-2)16(5)23(36-27)13-26(20)35-22/h9,12-14,18,32,36-37H,1,10-11H2,2-8H3,(H,41,42). The van der Waals surface area contributed by atoms with Gasteiger partial charge in [-0.25, -0.2) is 14.8 Å². The number of nitrogens with one attached hydrogen (secondary N) is 2. The number of carbonyl (C=O) groups is 3. The Morgan fingerprint density at radius 3 is 2.32 bits per heavy atom. The molecule has 5 rings (SSSR count). The molecule has 2 unspecified atom stereocenters. The van der Waals surface area contributed by atoms with E-state index < -0.39 is 29.9 Å². The monoisotopic (exact) mass is 596 g/mol. The van der Waals surface area contributed by atoms with Crippen molar-refractivity contribution in [2.24, 2.45) is 0 Å². The molecule has 2 aliphatic heterocycles. The molecule has 3 aromatic rings. The zero-order valence-electron chi connectivity index (χ0n) is 26.0. The van der Waals surface area contributed by atoms with E-state index >= 15 is 0 Å². The Morgan fingerprint density at radius 2 is 1.70 bits per heavy atom. The third kappa shape index (κ3) is 5.10. The smallest absolute Gasteiger partial charge is 0.338 e. The van der Waals surface area contributed by atoms with E-state index in [4.69, 9.17) is 19.4 Å². The summed E-state index contributed by atoms with van der Waals surface area (Å²) in [6, 6.07) is 5.67. The Morgan fingerprint density at radius 1 is 1.00 bits per heavy atom. The molecule has 5 heterocycles. The van der Waals surface area contributed by atoms with Gasteiger partial charge in [0.1, 0.15) is 5.69 Å². The summed E-state index contributed by atoms with van der Waals surface area (Å²) in [6.45, 7) is 16.5. The minimum Gasteiger partial charge on any atom is -0.478 e. The van der Waals surface area contributed by atoms with Gasteiger partial charge in [-0.1, -0.05) is 33.4 Å². The molecule has 0 amide bonds. The summed E-state index contributed by atoms with van der Waals surface area (Å²) in [5.41, 5.74) is 8.56. The van der Waals surface area contributed by atoms with Gasteiger partial charge in [0, 0.05) is 41.4 Å². The number of rotatable bonds is 6. The van der Waals surface area contributed by atoms with E-state index in [9.17, 15) is 19.5 Å². The Hall–Kier alpha value is -4.99. The minimum atomic E-state index is -1.21. The fourth-order valence-corrected chi connectivity index (χ4v) is 5.93. The van der Waals surface area contributed by atoms with Crippen LogP contribution in [-0.4, -0.2) is 43.0 Å². The Kier molecular flexibility index (Phi) is 8.03. The van der Waals surface area contributed by atoms with Crippen molar-refractivity contribution in [1.29, 1.82) is 0 Å². The topological polar surface area (TPSA) is 147 Å². The molecule has 0 radical (unpaired) electrons. The van der Waals surface area contributed by atoms with Crippen LogP contribution in [0.2, 0.25) is 0 Å². The number of nitrogens with zero attached hydrogens (tertiary/aromatic N) is 2. The van der Waals surface area contributed by atoms with E-state index in [0.29, 0.717) is 22.5 Å². The molecular weight excluding hydrogens is 560 g/mol. The number of carbonyl (C=O) groups excluding carboxylic acids is 2. The SMILES string of the molecule is C=CC1=C(C)c2cc3nc(c(OC(C)=O)c4[nH]c(cc5[nH]c(cc1n2)c(C)c5CC)c(C)c4C(=O)O)C(OC(=O)CC)C3C. The highest BCUT2D eigenvalue weighted by atomic mass is 16.6. The van der Waals surface area contributed by atoms with Crippen molar-refractivity contribution in [2.75, 3.05) is 0 Å². The second kappa shape index (κ2) is 11.6. The summed E-state index contributed by atoms with van der Waals surface area (Å²) in [4.78, 5) is 54.3. The first-order valence-corrected chi connectivity index (χ1v) is 14.6. The molecule has 0 fully saturated rings. The van der Waals surface area contributed by atoms with Crippen molar-refractivity contribution in [3.8, 4) is 5.75 Å². The third-order valence-electron chi connectivity index (χ3n) is 8.36. The molecule has 0 spiro atoms. The zero-order valence-corrected chi connectivity index (χ0v) is 26.0. The lowest BCUT2D eigenvalue weighted by Crippen LogP contribution is -2.14. The molecule has 44 heavy (non-hydrogen) atoms. The lowest BCUT2D eigenvalue weighted by molar-refractivity contribution is -0.150. The molecule has 2 aliphatic rings. The van der Waals surface area contributed by atoms with Crippen molar-refractivity contribution in [2.45, 2.75) is 73.3 Å². The zero-order chi connectivity index (χ0) is 32.0. The largest absolute Gasteiger partial charge is 0.478 e. The lowest BCUT2D eigenvalue weighted by atomic mass is 9.99. The highest BCUT2D eigenvalue weighted by Crippen LogP contribution is 2.44. The van der Waals surface area contributed by atoms with E-state index in [-0.39, 0.29) is 28.9 Å². The van der Waals surface area contributed by atoms with Gasteiger partial charge in [-0.3, -0.25) is 9.59 Å². The van der Waals surface area contributed by atoms with Gasteiger partial charge in [0.15, 0.2) is 11.9 Å². The Bertz CT molecular complexity index is 1940. The molecule has 228 valence electrons. The number of fused-ring (bicyclic) bond motifs is 8. The fourth-order valence-electron chi connectivity index (χ4n) is 5.93. The molecule has 0 aliphatic carbocycles. The van der Waals surface area contributed by atoms with Crippen LogP contribution in [0.15, 0.2) is 30.9 Å². The summed E-state index contributed by atoms with van der Waals surface area (Å²) in [5, 5.41) is 10.4. The van der Waals surface area contributed by atoms with Crippen LogP contribution >= 0.6 is 0 Å². The fraction of sp³-hybridized carbons (Fsp3) is 0.324. The summed E-state index contributed by atoms with van der Waals surface area (Å²) in [7, 11) is 0. The molecule has 3 N–H and O–H groups in total. The number of hydrogen-bond donors (Lipinski definition) is 3. The lowest BCUT2D eigenvalue weighted by Gasteiger charge is -2.18. The average Bonchev–Trinajstić information content (AvgIpc) is 3.65.